The Morgan fingerprint density at radius 2 is 1.76 bits per heavy atom. The lowest BCUT2D eigenvalue weighted by atomic mass is 9.84. The maximum Gasteiger partial charge on any atom is 0.251 e. The number of nitrogens with one attached hydrogen (secondary N) is 1. The predicted octanol–water partition coefficient (Wildman–Crippen LogP) is 3.75. The van der Waals surface area contributed by atoms with Gasteiger partial charge in [0.15, 0.2) is 0 Å². The van der Waals surface area contributed by atoms with Crippen molar-refractivity contribution in [3.05, 3.63) is 65.7 Å². The number of piperazine rings is 1. The van der Waals surface area contributed by atoms with Gasteiger partial charge in [-0.25, -0.2) is 8.42 Å². The van der Waals surface area contributed by atoms with Gasteiger partial charge in [-0.3, -0.25) is 9.69 Å². The molecule has 7 heteroatoms. The fourth-order valence-corrected chi connectivity index (χ4v) is 7.69. The summed E-state index contributed by atoms with van der Waals surface area (Å²) in [6.07, 6.45) is 5.12. The number of hydrogen-bond donors (Lipinski definition) is 1. The number of carbonyl (C=O) groups excluding carboxylic acids is 1. The van der Waals surface area contributed by atoms with E-state index in [0.717, 1.165) is 18.4 Å². The highest BCUT2D eigenvalue weighted by atomic mass is 32.2. The highest BCUT2D eigenvalue weighted by molar-refractivity contribution is 7.89. The van der Waals surface area contributed by atoms with Crippen LogP contribution in [-0.2, 0) is 16.6 Å². The SMILES string of the molecule is C[C@@H](NC(=O)c1cccc(S(=O)(=O)N2CCN(Cc3ccccc3)CC2)c1)[C@H]1C[C@@H]2CC[C@@H]1C2. The molecule has 0 unspecified atom stereocenters. The predicted molar refractivity (Wildman–Crippen MR) is 133 cm³/mol. The molecule has 182 valence electrons. The maximum atomic E-state index is 13.3. The van der Waals surface area contributed by atoms with Crippen molar-refractivity contribution in [1.29, 1.82) is 0 Å². The highest BCUT2D eigenvalue weighted by Crippen LogP contribution is 2.49. The van der Waals surface area contributed by atoms with Crippen molar-refractivity contribution in [2.75, 3.05) is 26.2 Å². The summed E-state index contributed by atoms with van der Waals surface area (Å²) in [6.45, 7) is 5.20. The summed E-state index contributed by atoms with van der Waals surface area (Å²) in [6, 6.07) is 16.9. The van der Waals surface area contributed by atoms with Gasteiger partial charge in [0, 0.05) is 44.3 Å². The van der Waals surface area contributed by atoms with Crippen LogP contribution in [0.2, 0.25) is 0 Å². The summed E-state index contributed by atoms with van der Waals surface area (Å²) in [5, 5.41) is 3.16. The van der Waals surface area contributed by atoms with Crippen molar-refractivity contribution < 1.29 is 13.2 Å². The van der Waals surface area contributed by atoms with Gasteiger partial charge < -0.3 is 5.32 Å². The zero-order valence-electron chi connectivity index (χ0n) is 19.9. The molecule has 1 heterocycles. The summed E-state index contributed by atoms with van der Waals surface area (Å²) >= 11 is 0. The van der Waals surface area contributed by atoms with E-state index in [9.17, 15) is 13.2 Å². The third kappa shape index (κ3) is 4.92. The zero-order valence-corrected chi connectivity index (χ0v) is 20.7. The number of amides is 1. The van der Waals surface area contributed by atoms with Gasteiger partial charge in [-0.2, -0.15) is 4.31 Å². The summed E-state index contributed by atoms with van der Waals surface area (Å²) in [5.41, 5.74) is 1.65. The number of benzene rings is 2. The zero-order chi connectivity index (χ0) is 23.7. The summed E-state index contributed by atoms with van der Waals surface area (Å²) in [4.78, 5) is 15.4. The highest BCUT2D eigenvalue weighted by Gasteiger charge is 2.42. The van der Waals surface area contributed by atoms with E-state index in [0.29, 0.717) is 37.7 Å². The monoisotopic (exact) mass is 481 g/mol. The molecule has 34 heavy (non-hydrogen) atoms. The van der Waals surface area contributed by atoms with Gasteiger partial charge in [0.1, 0.15) is 0 Å². The molecule has 3 aliphatic rings. The van der Waals surface area contributed by atoms with E-state index < -0.39 is 10.0 Å². The van der Waals surface area contributed by atoms with Crippen molar-refractivity contribution in [3.8, 4) is 0 Å². The summed E-state index contributed by atoms with van der Waals surface area (Å²) in [7, 11) is -3.64. The molecule has 2 aliphatic carbocycles. The Bertz CT molecular complexity index is 1110. The topological polar surface area (TPSA) is 69.7 Å². The lowest BCUT2D eigenvalue weighted by molar-refractivity contribution is 0.0915. The molecule has 2 saturated carbocycles. The average molecular weight is 482 g/mol. The number of hydrogen-bond acceptors (Lipinski definition) is 4. The van der Waals surface area contributed by atoms with Crippen LogP contribution in [0.5, 0.6) is 0 Å². The second kappa shape index (κ2) is 9.80. The third-order valence-electron chi connectivity index (χ3n) is 8.11. The first-order valence-corrected chi connectivity index (χ1v) is 14.0. The van der Waals surface area contributed by atoms with Crippen LogP contribution in [0.3, 0.4) is 0 Å². The first-order valence-electron chi connectivity index (χ1n) is 12.6. The molecule has 0 radical (unpaired) electrons. The molecule has 1 aliphatic heterocycles. The van der Waals surface area contributed by atoms with E-state index in [1.54, 1.807) is 22.5 Å². The molecule has 3 fully saturated rings. The quantitative estimate of drug-likeness (QED) is 0.654. The number of fused-ring (bicyclic) bond motifs is 2. The lowest BCUT2D eigenvalue weighted by Crippen LogP contribution is -2.48. The standard InChI is InChI=1S/C27H35N3O3S/c1-20(26-17-22-10-11-23(26)16-22)28-27(31)24-8-5-9-25(18-24)34(32,33)30-14-12-29(13-15-30)19-21-6-3-2-4-7-21/h2-9,18,20,22-23,26H,10-17,19H2,1H3,(H,28,31)/t20-,22-,23-,26-/m1/s1. The Morgan fingerprint density at radius 1 is 1.00 bits per heavy atom. The first kappa shape index (κ1) is 23.5. The van der Waals surface area contributed by atoms with Crippen LogP contribution in [0.4, 0.5) is 0 Å². The first-order chi connectivity index (χ1) is 16.4. The van der Waals surface area contributed by atoms with Crippen molar-refractivity contribution in [1.82, 2.24) is 14.5 Å². The molecule has 5 rings (SSSR count). The smallest absolute Gasteiger partial charge is 0.251 e. The van der Waals surface area contributed by atoms with Crippen molar-refractivity contribution >= 4 is 15.9 Å². The minimum absolute atomic E-state index is 0.112. The van der Waals surface area contributed by atoms with Gasteiger partial charge in [-0.15, -0.1) is 0 Å². The molecule has 6 nitrogen and oxygen atoms in total. The number of carbonyl (C=O) groups is 1. The number of sulfonamides is 1. The van der Waals surface area contributed by atoms with Crippen molar-refractivity contribution in [3.63, 3.8) is 0 Å². The molecular weight excluding hydrogens is 446 g/mol. The second-order valence-electron chi connectivity index (χ2n) is 10.3. The van der Waals surface area contributed by atoms with Crippen LogP contribution in [0.1, 0.15) is 48.5 Å². The minimum Gasteiger partial charge on any atom is -0.349 e. The Balaban J connectivity index is 1.20. The van der Waals surface area contributed by atoms with Gasteiger partial charge in [0.25, 0.3) is 5.91 Å². The largest absolute Gasteiger partial charge is 0.349 e. The Morgan fingerprint density at radius 3 is 2.44 bits per heavy atom. The maximum absolute atomic E-state index is 13.3. The van der Waals surface area contributed by atoms with Gasteiger partial charge in [0.05, 0.1) is 4.90 Å². The van der Waals surface area contributed by atoms with Gasteiger partial charge in [-0.05, 0) is 67.7 Å². The van der Waals surface area contributed by atoms with E-state index in [-0.39, 0.29) is 16.8 Å². The average Bonchev–Trinajstić information content (AvgIpc) is 3.49. The molecule has 1 amide bonds. The van der Waals surface area contributed by atoms with Crippen LogP contribution < -0.4 is 5.32 Å². The Hall–Kier alpha value is -2.22. The van der Waals surface area contributed by atoms with E-state index in [1.165, 1.54) is 37.3 Å². The van der Waals surface area contributed by atoms with Crippen LogP contribution in [-0.4, -0.2) is 55.8 Å². The van der Waals surface area contributed by atoms with Crippen LogP contribution in [0.15, 0.2) is 59.5 Å². The lowest BCUT2D eigenvalue weighted by Gasteiger charge is -2.34. The molecule has 4 atom stereocenters. The summed E-state index contributed by atoms with van der Waals surface area (Å²) in [5.74, 6) is 1.92. The van der Waals surface area contributed by atoms with Gasteiger partial charge >= 0.3 is 0 Å². The van der Waals surface area contributed by atoms with Crippen molar-refractivity contribution in [2.24, 2.45) is 17.8 Å². The molecule has 0 aromatic heterocycles. The fourth-order valence-electron chi connectivity index (χ4n) is 6.22. The fraction of sp³-hybridized carbons (Fsp3) is 0.519. The molecule has 2 bridgehead atoms. The molecule has 2 aromatic rings. The molecule has 2 aromatic carbocycles. The Kier molecular flexibility index (Phi) is 6.78. The van der Waals surface area contributed by atoms with E-state index in [2.05, 4.69) is 29.3 Å². The van der Waals surface area contributed by atoms with Gasteiger partial charge in [0.2, 0.25) is 10.0 Å². The molecule has 0 spiro atoms. The van der Waals surface area contributed by atoms with Crippen LogP contribution in [0, 0.1) is 17.8 Å². The minimum atomic E-state index is -3.64. The molecule has 1 N–H and O–H groups in total. The van der Waals surface area contributed by atoms with Crippen LogP contribution in [0.25, 0.3) is 0 Å². The van der Waals surface area contributed by atoms with E-state index >= 15 is 0 Å². The van der Waals surface area contributed by atoms with Crippen LogP contribution >= 0.6 is 0 Å². The third-order valence-corrected chi connectivity index (χ3v) is 10.0. The second-order valence-corrected chi connectivity index (χ2v) is 12.2. The van der Waals surface area contributed by atoms with E-state index in [1.807, 2.05) is 18.2 Å². The summed E-state index contributed by atoms with van der Waals surface area (Å²) < 4.78 is 28.2. The Labute approximate surface area is 203 Å². The number of nitrogens with zero attached hydrogens (tertiary/aromatic N) is 2. The van der Waals surface area contributed by atoms with E-state index in [4.69, 9.17) is 0 Å². The molecule has 1 saturated heterocycles. The molecular formula is C27H35N3O3S. The number of rotatable bonds is 7. The van der Waals surface area contributed by atoms with Gasteiger partial charge in [-0.1, -0.05) is 42.8 Å². The van der Waals surface area contributed by atoms with Crippen molar-refractivity contribution in [2.45, 2.75) is 50.1 Å². The normalized spacial score (nSPS) is 26.4.